The van der Waals surface area contributed by atoms with Crippen LogP contribution in [0.15, 0.2) is 6.33 Å². The molecule has 0 unspecified atom stereocenters. The summed E-state index contributed by atoms with van der Waals surface area (Å²) in [5.41, 5.74) is 1.22. The number of thiophene rings is 1. The van der Waals surface area contributed by atoms with Crippen molar-refractivity contribution in [2.24, 2.45) is 0 Å². The molecule has 0 amide bonds. The first-order valence-corrected chi connectivity index (χ1v) is 6.57. The topological polar surface area (TPSA) is 58.0 Å². The zero-order chi connectivity index (χ0) is 12.4. The minimum Gasteiger partial charge on any atom is -0.394 e. The predicted molar refractivity (Wildman–Crippen MR) is 71.7 cm³/mol. The van der Waals surface area contributed by atoms with E-state index in [9.17, 15) is 5.11 Å². The van der Waals surface area contributed by atoms with Crippen LogP contribution < -0.4 is 5.32 Å². The Balaban J connectivity index is 2.46. The molecule has 0 aromatic carbocycles. The van der Waals surface area contributed by atoms with Gasteiger partial charge in [-0.15, -0.1) is 11.3 Å². The summed E-state index contributed by atoms with van der Waals surface area (Å²) >= 11 is 1.68. The van der Waals surface area contributed by atoms with Crippen LogP contribution >= 0.6 is 11.3 Å². The number of aryl methyl sites for hydroxylation is 2. The summed E-state index contributed by atoms with van der Waals surface area (Å²) in [5.74, 6) is 0.831. The molecule has 0 aliphatic rings. The van der Waals surface area contributed by atoms with Crippen molar-refractivity contribution in [1.82, 2.24) is 9.97 Å². The van der Waals surface area contributed by atoms with Gasteiger partial charge in [-0.1, -0.05) is 6.92 Å². The molecule has 2 rings (SSSR count). The molecule has 0 aliphatic heterocycles. The Morgan fingerprint density at radius 1 is 1.41 bits per heavy atom. The molecule has 2 heterocycles. The molecule has 0 spiro atoms. The van der Waals surface area contributed by atoms with Crippen molar-refractivity contribution in [1.29, 1.82) is 0 Å². The molecule has 0 aliphatic carbocycles. The molecule has 0 bridgehead atoms. The number of aliphatic hydroxyl groups is 1. The van der Waals surface area contributed by atoms with E-state index in [0.29, 0.717) is 0 Å². The maximum Gasteiger partial charge on any atom is 0.138 e. The summed E-state index contributed by atoms with van der Waals surface area (Å²) in [7, 11) is 0. The maximum absolute atomic E-state index is 9.23. The van der Waals surface area contributed by atoms with Crippen LogP contribution in [0.4, 0.5) is 5.82 Å². The highest BCUT2D eigenvalue weighted by molar-refractivity contribution is 7.18. The van der Waals surface area contributed by atoms with Gasteiger partial charge in [-0.3, -0.25) is 0 Å². The molecule has 5 heteroatoms. The van der Waals surface area contributed by atoms with Crippen LogP contribution in [0.2, 0.25) is 0 Å². The highest BCUT2D eigenvalue weighted by Crippen LogP contribution is 2.32. The fourth-order valence-electron chi connectivity index (χ4n) is 1.76. The van der Waals surface area contributed by atoms with Crippen LogP contribution in [-0.4, -0.2) is 27.7 Å². The Morgan fingerprint density at radius 2 is 2.18 bits per heavy atom. The van der Waals surface area contributed by atoms with Gasteiger partial charge in [0.1, 0.15) is 17.0 Å². The summed E-state index contributed by atoms with van der Waals surface area (Å²) < 4.78 is 0. The smallest absolute Gasteiger partial charge is 0.138 e. The Labute approximate surface area is 105 Å². The van der Waals surface area contributed by atoms with E-state index in [0.717, 1.165) is 22.5 Å². The lowest BCUT2D eigenvalue weighted by Gasteiger charge is -2.15. The highest BCUT2D eigenvalue weighted by Gasteiger charge is 2.13. The molecule has 2 N–H and O–H groups in total. The van der Waals surface area contributed by atoms with Crippen LogP contribution in [0.5, 0.6) is 0 Å². The van der Waals surface area contributed by atoms with Gasteiger partial charge in [-0.2, -0.15) is 0 Å². The summed E-state index contributed by atoms with van der Waals surface area (Å²) in [4.78, 5) is 10.8. The SMILES string of the molecule is CC[C@H](CO)Nc1ncnc2sc(C)c(C)c12. The van der Waals surface area contributed by atoms with Crippen molar-refractivity contribution < 1.29 is 5.11 Å². The number of nitrogens with zero attached hydrogens (tertiary/aromatic N) is 2. The molecular weight excluding hydrogens is 234 g/mol. The lowest BCUT2D eigenvalue weighted by Crippen LogP contribution is -2.23. The van der Waals surface area contributed by atoms with Crippen LogP contribution in [0, 0.1) is 13.8 Å². The van der Waals surface area contributed by atoms with E-state index in [2.05, 4.69) is 29.1 Å². The fourth-order valence-corrected chi connectivity index (χ4v) is 2.76. The van der Waals surface area contributed by atoms with Crippen molar-refractivity contribution in [3.63, 3.8) is 0 Å². The molecule has 1 atom stereocenters. The second kappa shape index (κ2) is 4.98. The summed E-state index contributed by atoms with van der Waals surface area (Å²) in [6.45, 7) is 6.33. The van der Waals surface area contributed by atoms with Gasteiger partial charge in [-0.05, 0) is 25.8 Å². The third kappa shape index (κ3) is 2.25. The monoisotopic (exact) mass is 251 g/mol. The number of aliphatic hydroxyl groups excluding tert-OH is 1. The van der Waals surface area contributed by atoms with Crippen molar-refractivity contribution in [3.05, 3.63) is 16.8 Å². The Morgan fingerprint density at radius 3 is 2.82 bits per heavy atom. The quantitative estimate of drug-likeness (QED) is 0.876. The van der Waals surface area contributed by atoms with E-state index in [4.69, 9.17) is 0 Å². The molecule has 2 aromatic rings. The minimum absolute atomic E-state index is 0.0488. The average molecular weight is 251 g/mol. The lowest BCUT2D eigenvalue weighted by atomic mass is 10.2. The maximum atomic E-state index is 9.23. The van der Waals surface area contributed by atoms with Crippen molar-refractivity contribution in [2.45, 2.75) is 33.2 Å². The van der Waals surface area contributed by atoms with E-state index in [-0.39, 0.29) is 12.6 Å². The minimum atomic E-state index is 0.0488. The Kier molecular flexibility index (Phi) is 3.59. The van der Waals surface area contributed by atoms with Gasteiger partial charge in [0.15, 0.2) is 0 Å². The molecule has 4 nitrogen and oxygen atoms in total. The van der Waals surface area contributed by atoms with Gasteiger partial charge in [0, 0.05) is 4.88 Å². The van der Waals surface area contributed by atoms with Crippen LogP contribution in [0.3, 0.4) is 0 Å². The van der Waals surface area contributed by atoms with Gasteiger partial charge in [-0.25, -0.2) is 9.97 Å². The fraction of sp³-hybridized carbons (Fsp3) is 0.500. The van der Waals surface area contributed by atoms with Crippen molar-refractivity contribution in [2.75, 3.05) is 11.9 Å². The Hall–Kier alpha value is -1.20. The second-order valence-corrected chi connectivity index (χ2v) is 5.32. The third-order valence-electron chi connectivity index (χ3n) is 3.02. The number of nitrogens with one attached hydrogen (secondary N) is 1. The van der Waals surface area contributed by atoms with Gasteiger partial charge in [0.2, 0.25) is 0 Å². The molecule has 0 fully saturated rings. The molecule has 2 aromatic heterocycles. The first kappa shape index (κ1) is 12.3. The number of fused-ring (bicyclic) bond motifs is 1. The first-order valence-electron chi connectivity index (χ1n) is 5.75. The Bertz CT molecular complexity index is 520. The van der Waals surface area contributed by atoms with Crippen LogP contribution in [-0.2, 0) is 0 Å². The molecule has 0 saturated carbocycles. The molecule has 92 valence electrons. The van der Waals surface area contributed by atoms with E-state index in [1.807, 2.05) is 6.92 Å². The third-order valence-corrected chi connectivity index (χ3v) is 4.13. The van der Waals surface area contributed by atoms with E-state index in [1.165, 1.54) is 10.4 Å². The largest absolute Gasteiger partial charge is 0.394 e. The van der Waals surface area contributed by atoms with Crippen molar-refractivity contribution in [3.8, 4) is 0 Å². The first-order chi connectivity index (χ1) is 8.17. The van der Waals surface area contributed by atoms with Crippen molar-refractivity contribution >= 4 is 27.4 Å². The molecular formula is C12H17N3OS. The number of aromatic nitrogens is 2. The highest BCUT2D eigenvalue weighted by atomic mass is 32.1. The number of hydrogen-bond acceptors (Lipinski definition) is 5. The number of rotatable bonds is 4. The van der Waals surface area contributed by atoms with E-state index in [1.54, 1.807) is 17.7 Å². The second-order valence-electron chi connectivity index (χ2n) is 4.12. The summed E-state index contributed by atoms with van der Waals surface area (Å²) in [5, 5.41) is 13.6. The standard InChI is InChI=1S/C12H17N3OS/c1-4-9(5-16)15-11-10-7(2)8(3)17-12(10)14-6-13-11/h6,9,16H,4-5H2,1-3H3,(H,13,14,15)/t9-/m1/s1. The van der Waals surface area contributed by atoms with Crippen LogP contribution in [0.1, 0.15) is 23.8 Å². The van der Waals surface area contributed by atoms with Crippen LogP contribution in [0.25, 0.3) is 10.2 Å². The predicted octanol–water partition coefficient (Wildman–Crippen LogP) is 2.49. The summed E-state index contributed by atoms with van der Waals surface area (Å²) in [6, 6.07) is 0.0488. The zero-order valence-electron chi connectivity index (χ0n) is 10.3. The molecule has 0 radical (unpaired) electrons. The number of anilines is 1. The van der Waals surface area contributed by atoms with E-state index >= 15 is 0 Å². The van der Waals surface area contributed by atoms with E-state index < -0.39 is 0 Å². The van der Waals surface area contributed by atoms with Gasteiger partial charge in [0.05, 0.1) is 18.0 Å². The number of hydrogen-bond donors (Lipinski definition) is 2. The lowest BCUT2D eigenvalue weighted by molar-refractivity contribution is 0.271. The van der Waals surface area contributed by atoms with Gasteiger partial charge in [0.25, 0.3) is 0 Å². The summed E-state index contributed by atoms with van der Waals surface area (Å²) in [6.07, 6.45) is 2.44. The van der Waals surface area contributed by atoms with Gasteiger partial charge >= 0.3 is 0 Å². The van der Waals surface area contributed by atoms with Gasteiger partial charge < -0.3 is 10.4 Å². The zero-order valence-corrected chi connectivity index (χ0v) is 11.1. The normalized spacial score (nSPS) is 12.9. The molecule has 17 heavy (non-hydrogen) atoms. The average Bonchev–Trinajstić information content (AvgIpc) is 2.63. The molecule has 0 saturated heterocycles.